The Bertz CT molecular complexity index is 901. The third kappa shape index (κ3) is 7.08. The Hall–Kier alpha value is -1.08. The predicted molar refractivity (Wildman–Crippen MR) is 139 cm³/mol. The third-order valence-electron chi connectivity index (χ3n) is 8.20. The standard InChI is InChI=1S/C26H45NO15/c1-5-6-27-7-11(31)22-15(12(32)8-28)26(4,40-22)42-24-20(36)18(34)16(13(9-29)38-24)25(2,3)41-23-21(37)19(35)17(33)14(10-30)39-23/h1,11-24,27-37H,6-10H2,2-4H3/t11?,12?,13?,14?,15-,16-,17-,18?,19?,20?,21?,22?,23-,24-,26?/m1/s1. The van der Waals surface area contributed by atoms with E-state index in [-0.39, 0.29) is 13.1 Å². The fourth-order valence-corrected chi connectivity index (χ4v) is 5.98. The normalized spacial score (nSPS) is 44.2. The van der Waals surface area contributed by atoms with E-state index in [1.165, 1.54) is 20.8 Å². The van der Waals surface area contributed by atoms with Crippen molar-refractivity contribution in [2.75, 3.05) is 32.9 Å². The lowest BCUT2D eigenvalue weighted by Crippen LogP contribution is -2.72. The first-order chi connectivity index (χ1) is 19.7. The zero-order chi connectivity index (χ0) is 31.6. The van der Waals surface area contributed by atoms with Crippen molar-refractivity contribution in [2.45, 2.75) is 106 Å². The number of hydrogen-bond donors (Lipinski definition) is 11. The van der Waals surface area contributed by atoms with Crippen LogP contribution in [0.1, 0.15) is 20.8 Å². The van der Waals surface area contributed by atoms with Crippen molar-refractivity contribution in [2.24, 2.45) is 11.8 Å². The second-order valence-electron chi connectivity index (χ2n) is 11.5. The van der Waals surface area contributed by atoms with E-state index < -0.39 is 117 Å². The molecule has 0 radical (unpaired) electrons. The number of ether oxygens (including phenoxy) is 5. The van der Waals surface area contributed by atoms with Crippen LogP contribution in [-0.2, 0) is 23.7 Å². The van der Waals surface area contributed by atoms with Crippen LogP contribution < -0.4 is 5.32 Å². The van der Waals surface area contributed by atoms with Gasteiger partial charge in [-0.25, -0.2) is 0 Å². The molecule has 0 bridgehead atoms. The average Bonchev–Trinajstić information content (AvgIpc) is 2.93. The van der Waals surface area contributed by atoms with Gasteiger partial charge in [-0.05, 0) is 20.8 Å². The monoisotopic (exact) mass is 611 g/mol. The van der Waals surface area contributed by atoms with Crippen molar-refractivity contribution < 1.29 is 74.7 Å². The van der Waals surface area contributed by atoms with Crippen molar-refractivity contribution >= 4 is 0 Å². The summed E-state index contributed by atoms with van der Waals surface area (Å²) in [5.74, 6) is -1.54. The molecule has 11 N–H and O–H groups in total. The summed E-state index contributed by atoms with van der Waals surface area (Å²) in [4.78, 5) is 0. The number of terminal acetylenes is 1. The highest BCUT2D eigenvalue weighted by Gasteiger charge is 2.62. The van der Waals surface area contributed by atoms with Crippen molar-refractivity contribution in [1.82, 2.24) is 5.32 Å². The first kappa shape index (κ1) is 35.4. The molecule has 3 heterocycles. The van der Waals surface area contributed by atoms with E-state index in [1.807, 2.05) is 0 Å². The lowest BCUT2D eigenvalue weighted by atomic mass is 9.77. The highest BCUT2D eigenvalue weighted by molar-refractivity contribution is 5.03. The second-order valence-corrected chi connectivity index (χ2v) is 11.5. The summed E-state index contributed by atoms with van der Waals surface area (Å²) in [7, 11) is 0. The largest absolute Gasteiger partial charge is 0.394 e. The van der Waals surface area contributed by atoms with Crippen LogP contribution in [0.15, 0.2) is 0 Å². The van der Waals surface area contributed by atoms with Crippen LogP contribution in [0.5, 0.6) is 0 Å². The van der Waals surface area contributed by atoms with Gasteiger partial charge in [-0.1, -0.05) is 5.92 Å². The van der Waals surface area contributed by atoms with Gasteiger partial charge in [-0.2, -0.15) is 0 Å². The molecule has 15 atom stereocenters. The van der Waals surface area contributed by atoms with Crippen LogP contribution >= 0.6 is 0 Å². The van der Waals surface area contributed by atoms with Crippen LogP contribution in [0.4, 0.5) is 0 Å². The second kappa shape index (κ2) is 14.3. The Labute approximate surface area is 243 Å². The molecular weight excluding hydrogens is 566 g/mol. The van der Waals surface area contributed by atoms with Crippen LogP contribution in [0.3, 0.4) is 0 Å². The summed E-state index contributed by atoms with van der Waals surface area (Å²) >= 11 is 0. The smallest absolute Gasteiger partial charge is 0.189 e. The van der Waals surface area contributed by atoms with E-state index in [4.69, 9.17) is 30.1 Å². The molecule has 0 amide bonds. The lowest BCUT2D eigenvalue weighted by molar-refractivity contribution is -0.454. The van der Waals surface area contributed by atoms with Gasteiger partial charge in [0.05, 0.1) is 68.4 Å². The van der Waals surface area contributed by atoms with Gasteiger partial charge in [0.1, 0.15) is 30.5 Å². The average molecular weight is 612 g/mol. The maximum absolute atomic E-state index is 11.2. The minimum atomic E-state index is -1.77. The summed E-state index contributed by atoms with van der Waals surface area (Å²) in [5.41, 5.74) is -1.53. The molecule has 244 valence electrons. The quantitative estimate of drug-likeness (QED) is 0.0685. The van der Waals surface area contributed by atoms with Gasteiger partial charge in [0.15, 0.2) is 18.4 Å². The van der Waals surface area contributed by atoms with Gasteiger partial charge in [-0.3, -0.25) is 0 Å². The molecule has 42 heavy (non-hydrogen) atoms. The molecule has 0 aromatic rings. The molecule has 16 nitrogen and oxygen atoms in total. The van der Waals surface area contributed by atoms with E-state index in [2.05, 4.69) is 11.2 Å². The van der Waals surface area contributed by atoms with Crippen molar-refractivity contribution in [3.8, 4) is 12.3 Å². The summed E-state index contributed by atoms with van der Waals surface area (Å²) < 4.78 is 28.7. The lowest BCUT2D eigenvalue weighted by Gasteiger charge is -2.57. The minimum Gasteiger partial charge on any atom is -0.394 e. The maximum atomic E-state index is 11.2. The Morgan fingerprint density at radius 3 is 2.05 bits per heavy atom. The number of aliphatic hydroxyl groups is 10. The first-order valence-electron chi connectivity index (χ1n) is 13.7. The van der Waals surface area contributed by atoms with Gasteiger partial charge in [0, 0.05) is 12.5 Å². The molecule has 3 aliphatic rings. The summed E-state index contributed by atoms with van der Waals surface area (Å²) in [6.07, 6.45) is -12.6. The molecular formula is C26H45NO15. The molecule has 10 unspecified atom stereocenters. The number of aliphatic hydroxyl groups excluding tert-OH is 10. The number of hydrogen-bond acceptors (Lipinski definition) is 16. The van der Waals surface area contributed by atoms with Crippen molar-refractivity contribution in [3.05, 3.63) is 0 Å². The van der Waals surface area contributed by atoms with E-state index in [0.717, 1.165) is 0 Å². The Kier molecular flexibility index (Phi) is 12.1. The first-order valence-corrected chi connectivity index (χ1v) is 13.7. The van der Waals surface area contributed by atoms with E-state index >= 15 is 0 Å². The zero-order valence-electron chi connectivity index (χ0n) is 23.7. The molecule has 0 spiro atoms. The molecule has 3 saturated heterocycles. The van der Waals surface area contributed by atoms with Crippen LogP contribution in [0.2, 0.25) is 0 Å². The fourth-order valence-electron chi connectivity index (χ4n) is 5.98. The summed E-state index contributed by atoms with van der Waals surface area (Å²) in [5, 5.41) is 106. The molecule has 3 fully saturated rings. The molecule has 0 aliphatic carbocycles. The van der Waals surface area contributed by atoms with Crippen molar-refractivity contribution in [3.63, 3.8) is 0 Å². The van der Waals surface area contributed by atoms with Crippen molar-refractivity contribution in [1.29, 1.82) is 0 Å². The van der Waals surface area contributed by atoms with E-state index in [9.17, 15) is 51.1 Å². The zero-order valence-corrected chi connectivity index (χ0v) is 23.7. The highest BCUT2D eigenvalue weighted by Crippen LogP contribution is 2.47. The summed E-state index contributed by atoms with van der Waals surface area (Å²) in [6.45, 7) is 2.39. The van der Waals surface area contributed by atoms with E-state index in [0.29, 0.717) is 0 Å². The molecule has 0 aromatic carbocycles. The maximum Gasteiger partial charge on any atom is 0.189 e. The Morgan fingerprint density at radius 1 is 0.881 bits per heavy atom. The minimum absolute atomic E-state index is 0.0126. The van der Waals surface area contributed by atoms with Gasteiger partial charge in [0.25, 0.3) is 0 Å². The van der Waals surface area contributed by atoms with Gasteiger partial charge in [0.2, 0.25) is 0 Å². The molecule has 0 aromatic heterocycles. The van der Waals surface area contributed by atoms with Crippen LogP contribution in [0.25, 0.3) is 0 Å². The van der Waals surface area contributed by atoms with Crippen LogP contribution in [-0.4, -0.2) is 169 Å². The third-order valence-corrected chi connectivity index (χ3v) is 8.20. The van der Waals surface area contributed by atoms with Gasteiger partial charge >= 0.3 is 0 Å². The Morgan fingerprint density at radius 2 is 1.48 bits per heavy atom. The Balaban J connectivity index is 1.74. The molecule has 3 rings (SSSR count). The number of nitrogens with one attached hydrogen (secondary N) is 1. The number of rotatable bonds is 13. The van der Waals surface area contributed by atoms with Gasteiger partial charge < -0.3 is 80.1 Å². The fraction of sp³-hybridized carbons (Fsp3) is 0.923. The topological polar surface area (TPSA) is 260 Å². The SMILES string of the molecule is C#CCNCC(O)C1OC(C)(O[C@H]2OC(CO)[C@@H](C(C)(C)O[C@H]3OC(CO)[C@@H](O)C(O)C3O)C(O)C2O)[C@@H]1C(O)CO. The highest BCUT2D eigenvalue weighted by atomic mass is 16.8. The summed E-state index contributed by atoms with van der Waals surface area (Å²) in [6, 6.07) is 0. The molecule has 16 heteroatoms. The predicted octanol–water partition coefficient (Wildman–Crippen LogP) is -5.68. The van der Waals surface area contributed by atoms with E-state index in [1.54, 1.807) is 0 Å². The molecule has 3 aliphatic heterocycles. The molecule has 0 saturated carbocycles. The van der Waals surface area contributed by atoms with Crippen LogP contribution in [0, 0.1) is 24.2 Å². The van der Waals surface area contributed by atoms with Gasteiger partial charge in [-0.15, -0.1) is 6.42 Å².